The van der Waals surface area contributed by atoms with E-state index in [1.165, 1.54) is 26.2 Å². The Kier molecular flexibility index (Phi) is 7.88. The maximum Gasteiger partial charge on any atom is 0.155 e. The minimum atomic E-state index is -0.260. The molecule has 0 aliphatic heterocycles. The molecule has 0 saturated heterocycles. The molecule has 1 unspecified atom stereocenters. The van der Waals surface area contributed by atoms with Crippen molar-refractivity contribution in [1.82, 2.24) is 0 Å². The number of hydrogen-bond donors (Lipinski definition) is 0. The molecule has 2 heteroatoms. The van der Waals surface area contributed by atoms with Crippen LogP contribution in [0, 0.1) is 5.92 Å². The number of rotatable bonds is 9. The highest BCUT2D eigenvalue weighted by atomic mass is 16.1. The van der Waals surface area contributed by atoms with Gasteiger partial charge in [-0.25, -0.2) is 0 Å². The summed E-state index contributed by atoms with van der Waals surface area (Å²) in [5.41, 5.74) is 0.459. The standard InChI is InChI=1S/C13H22O2/c1-4-5-6-7-8-9-13(10-14)11(2)12(3)15/h10,13H,2,4-9H2,1,3H3. The van der Waals surface area contributed by atoms with Gasteiger partial charge in [-0.05, 0) is 18.9 Å². The lowest BCUT2D eigenvalue weighted by Crippen LogP contribution is -2.11. The third kappa shape index (κ3) is 6.21. The smallest absolute Gasteiger partial charge is 0.155 e. The molecular weight excluding hydrogens is 188 g/mol. The fourth-order valence-electron chi connectivity index (χ4n) is 1.55. The number of Topliss-reactive ketones (excluding diaryl/α,β-unsaturated/α-hetero) is 1. The van der Waals surface area contributed by atoms with Gasteiger partial charge < -0.3 is 4.79 Å². The third-order valence-corrected chi connectivity index (χ3v) is 2.68. The lowest BCUT2D eigenvalue weighted by molar-refractivity contribution is -0.117. The predicted molar refractivity (Wildman–Crippen MR) is 62.8 cm³/mol. The van der Waals surface area contributed by atoms with Crippen LogP contribution in [-0.4, -0.2) is 12.1 Å². The number of allylic oxidation sites excluding steroid dienone is 1. The van der Waals surface area contributed by atoms with Crippen molar-refractivity contribution in [3.63, 3.8) is 0 Å². The van der Waals surface area contributed by atoms with Crippen LogP contribution in [0.2, 0.25) is 0 Å². The fourth-order valence-corrected chi connectivity index (χ4v) is 1.55. The molecule has 86 valence electrons. The highest BCUT2D eigenvalue weighted by molar-refractivity contribution is 5.96. The average Bonchev–Trinajstić information content (AvgIpc) is 2.22. The number of ketones is 1. The molecular formula is C13H22O2. The van der Waals surface area contributed by atoms with E-state index < -0.39 is 0 Å². The van der Waals surface area contributed by atoms with E-state index in [0.717, 1.165) is 25.5 Å². The first kappa shape index (κ1) is 14.1. The molecule has 0 aromatic carbocycles. The van der Waals surface area contributed by atoms with Crippen molar-refractivity contribution in [1.29, 1.82) is 0 Å². The Labute approximate surface area is 92.8 Å². The molecule has 2 nitrogen and oxygen atoms in total. The van der Waals surface area contributed by atoms with Crippen LogP contribution in [-0.2, 0) is 9.59 Å². The maximum atomic E-state index is 11.0. The monoisotopic (exact) mass is 210 g/mol. The Bertz CT molecular complexity index is 219. The third-order valence-electron chi connectivity index (χ3n) is 2.68. The van der Waals surface area contributed by atoms with Gasteiger partial charge in [0.1, 0.15) is 6.29 Å². The summed E-state index contributed by atoms with van der Waals surface area (Å²) >= 11 is 0. The van der Waals surface area contributed by atoms with Crippen LogP contribution < -0.4 is 0 Å². The highest BCUT2D eigenvalue weighted by Crippen LogP contribution is 2.16. The Hall–Kier alpha value is -0.920. The molecule has 0 radical (unpaired) electrons. The lowest BCUT2D eigenvalue weighted by Gasteiger charge is -2.10. The van der Waals surface area contributed by atoms with E-state index in [4.69, 9.17) is 0 Å². The molecule has 0 saturated carbocycles. The molecule has 0 amide bonds. The molecule has 0 bridgehead atoms. The van der Waals surface area contributed by atoms with Gasteiger partial charge in [0.05, 0.1) is 0 Å². The number of aldehydes is 1. The summed E-state index contributed by atoms with van der Waals surface area (Å²) in [5.74, 6) is -0.329. The summed E-state index contributed by atoms with van der Waals surface area (Å²) < 4.78 is 0. The summed E-state index contributed by atoms with van der Waals surface area (Å²) in [6.07, 6.45) is 7.46. The zero-order chi connectivity index (χ0) is 11.7. The lowest BCUT2D eigenvalue weighted by atomic mass is 9.93. The second-order valence-corrected chi connectivity index (χ2v) is 4.03. The van der Waals surface area contributed by atoms with Crippen molar-refractivity contribution in [2.45, 2.75) is 52.4 Å². The highest BCUT2D eigenvalue weighted by Gasteiger charge is 2.14. The van der Waals surface area contributed by atoms with Crippen molar-refractivity contribution in [2.75, 3.05) is 0 Å². The first-order valence-corrected chi connectivity index (χ1v) is 5.78. The Morgan fingerprint density at radius 3 is 2.33 bits per heavy atom. The largest absolute Gasteiger partial charge is 0.303 e. The van der Waals surface area contributed by atoms with Crippen LogP contribution in [0.5, 0.6) is 0 Å². The molecule has 15 heavy (non-hydrogen) atoms. The van der Waals surface area contributed by atoms with Gasteiger partial charge in [-0.15, -0.1) is 0 Å². The minimum Gasteiger partial charge on any atom is -0.303 e. The number of carbonyl (C=O) groups excluding carboxylic acids is 2. The maximum absolute atomic E-state index is 11.0. The van der Waals surface area contributed by atoms with Gasteiger partial charge in [-0.3, -0.25) is 4.79 Å². The number of unbranched alkanes of at least 4 members (excludes halogenated alkanes) is 4. The van der Waals surface area contributed by atoms with Crippen molar-refractivity contribution < 1.29 is 9.59 Å². The van der Waals surface area contributed by atoms with Gasteiger partial charge in [-0.1, -0.05) is 45.6 Å². The van der Waals surface area contributed by atoms with Gasteiger partial charge in [0, 0.05) is 5.92 Å². The van der Waals surface area contributed by atoms with Crippen molar-refractivity contribution in [3.05, 3.63) is 12.2 Å². The Morgan fingerprint density at radius 2 is 1.87 bits per heavy atom. The van der Waals surface area contributed by atoms with E-state index in [2.05, 4.69) is 13.5 Å². The van der Waals surface area contributed by atoms with Gasteiger partial charge in [0.15, 0.2) is 5.78 Å². The molecule has 0 aliphatic rings. The van der Waals surface area contributed by atoms with Crippen molar-refractivity contribution >= 4 is 12.1 Å². The SMILES string of the molecule is C=C(C(C)=O)C(C=O)CCCCCCC. The molecule has 0 rings (SSSR count). The van der Waals surface area contributed by atoms with E-state index >= 15 is 0 Å². The van der Waals surface area contributed by atoms with E-state index in [0.29, 0.717) is 5.57 Å². The van der Waals surface area contributed by atoms with E-state index in [-0.39, 0.29) is 11.7 Å². The Balaban J connectivity index is 3.76. The second kappa shape index (κ2) is 8.39. The van der Waals surface area contributed by atoms with Gasteiger partial charge in [0.2, 0.25) is 0 Å². The van der Waals surface area contributed by atoms with Crippen LogP contribution in [0.15, 0.2) is 12.2 Å². The first-order chi connectivity index (χ1) is 7.13. The average molecular weight is 210 g/mol. The predicted octanol–water partition coefficient (Wildman–Crippen LogP) is 3.31. The quantitative estimate of drug-likeness (QED) is 0.332. The summed E-state index contributed by atoms with van der Waals surface area (Å²) in [5, 5.41) is 0. The molecule has 0 heterocycles. The zero-order valence-corrected chi connectivity index (χ0v) is 9.92. The summed E-state index contributed by atoms with van der Waals surface area (Å²) in [4.78, 5) is 21.8. The fraction of sp³-hybridized carbons (Fsp3) is 0.692. The van der Waals surface area contributed by atoms with Crippen LogP contribution >= 0.6 is 0 Å². The van der Waals surface area contributed by atoms with Crippen LogP contribution in [0.3, 0.4) is 0 Å². The van der Waals surface area contributed by atoms with Crippen molar-refractivity contribution in [3.8, 4) is 0 Å². The van der Waals surface area contributed by atoms with Gasteiger partial charge in [-0.2, -0.15) is 0 Å². The summed E-state index contributed by atoms with van der Waals surface area (Å²) in [6, 6.07) is 0. The molecule has 0 aliphatic carbocycles. The summed E-state index contributed by atoms with van der Waals surface area (Å²) in [6.45, 7) is 7.30. The van der Waals surface area contributed by atoms with E-state index in [1.807, 2.05) is 0 Å². The molecule has 0 N–H and O–H groups in total. The zero-order valence-electron chi connectivity index (χ0n) is 9.92. The number of carbonyl (C=O) groups is 2. The van der Waals surface area contributed by atoms with E-state index in [1.54, 1.807) is 0 Å². The molecule has 0 aromatic heterocycles. The Morgan fingerprint density at radius 1 is 1.27 bits per heavy atom. The molecule has 1 atom stereocenters. The van der Waals surface area contributed by atoms with Gasteiger partial charge in [0.25, 0.3) is 0 Å². The molecule has 0 fully saturated rings. The topological polar surface area (TPSA) is 34.1 Å². The van der Waals surface area contributed by atoms with Crippen LogP contribution in [0.25, 0.3) is 0 Å². The van der Waals surface area contributed by atoms with Crippen LogP contribution in [0.4, 0.5) is 0 Å². The van der Waals surface area contributed by atoms with Crippen LogP contribution in [0.1, 0.15) is 52.4 Å². The normalized spacial score (nSPS) is 12.1. The summed E-state index contributed by atoms with van der Waals surface area (Å²) in [7, 11) is 0. The van der Waals surface area contributed by atoms with Gasteiger partial charge >= 0.3 is 0 Å². The number of hydrogen-bond acceptors (Lipinski definition) is 2. The van der Waals surface area contributed by atoms with Crippen molar-refractivity contribution in [2.24, 2.45) is 5.92 Å². The minimum absolute atomic E-state index is 0.0688. The molecule has 0 spiro atoms. The molecule has 0 aromatic rings. The first-order valence-electron chi connectivity index (χ1n) is 5.78. The second-order valence-electron chi connectivity index (χ2n) is 4.03. The van der Waals surface area contributed by atoms with E-state index in [9.17, 15) is 9.59 Å².